The van der Waals surface area contributed by atoms with Gasteiger partial charge in [0, 0.05) is 19.4 Å². The lowest BCUT2D eigenvalue weighted by atomic mass is 10.0. The van der Waals surface area contributed by atoms with Crippen LogP contribution in [0, 0.1) is 12.8 Å². The summed E-state index contributed by atoms with van der Waals surface area (Å²) in [6.45, 7) is 3.95. The first kappa shape index (κ1) is 16.7. The highest BCUT2D eigenvalue weighted by Gasteiger charge is 2.14. The number of carbonyl (C=O) groups excluding carboxylic acids is 2. The number of hydrogen-bond donors (Lipinski definition) is 3. The molecule has 3 amide bonds. The summed E-state index contributed by atoms with van der Waals surface area (Å²) >= 11 is 0. The molecular formula is C15H20N2O4. The summed E-state index contributed by atoms with van der Waals surface area (Å²) in [5, 5.41) is 13.4. The van der Waals surface area contributed by atoms with E-state index in [1.165, 1.54) is 0 Å². The van der Waals surface area contributed by atoms with Crippen LogP contribution >= 0.6 is 0 Å². The van der Waals surface area contributed by atoms with Crippen molar-refractivity contribution in [2.75, 3.05) is 0 Å². The number of carbonyl (C=O) groups is 3. The highest BCUT2D eigenvalue weighted by molar-refractivity contribution is 5.94. The van der Waals surface area contributed by atoms with E-state index in [4.69, 9.17) is 5.11 Å². The van der Waals surface area contributed by atoms with Crippen LogP contribution < -0.4 is 10.6 Å². The van der Waals surface area contributed by atoms with E-state index in [1.54, 1.807) is 6.92 Å². The molecule has 0 aliphatic rings. The van der Waals surface area contributed by atoms with Crippen LogP contribution in [0.25, 0.3) is 0 Å². The molecule has 0 saturated heterocycles. The number of imide groups is 1. The number of urea groups is 1. The summed E-state index contributed by atoms with van der Waals surface area (Å²) in [6, 6.07) is 7.09. The first-order chi connectivity index (χ1) is 9.86. The van der Waals surface area contributed by atoms with Crippen LogP contribution in [-0.4, -0.2) is 23.0 Å². The van der Waals surface area contributed by atoms with Crippen LogP contribution in [0.15, 0.2) is 24.3 Å². The van der Waals surface area contributed by atoms with Crippen molar-refractivity contribution in [1.29, 1.82) is 0 Å². The Balaban J connectivity index is 2.31. The van der Waals surface area contributed by atoms with E-state index in [-0.39, 0.29) is 18.8 Å². The van der Waals surface area contributed by atoms with Gasteiger partial charge in [-0.25, -0.2) is 4.79 Å². The Bertz CT molecular complexity index is 511. The standard InChI is InChI=1S/C15H20N2O4/c1-10-3-5-12(6-4-10)9-16-15(21)17-13(18)7-11(2)8-14(19)20/h3-6,11H,7-9H2,1-2H3,(H,19,20)(H2,16,17,18,21). The number of amides is 3. The molecule has 0 saturated carbocycles. The minimum Gasteiger partial charge on any atom is -0.481 e. The van der Waals surface area contributed by atoms with Gasteiger partial charge in [-0.2, -0.15) is 0 Å². The van der Waals surface area contributed by atoms with Gasteiger partial charge in [0.25, 0.3) is 0 Å². The fourth-order valence-corrected chi connectivity index (χ4v) is 1.80. The Kier molecular flexibility index (Phi) is 6.39. The van der Waals surface area contributed by atoms with Crippen molar-refractivity contribution in [2.45, 2.75) is 33.2 Å². The number of carboxylic acid groups (broad SMARTS) is 1. The number of aryl methyl sites for hydroxylation is 1. The van der Waals surface area contributed by atoms with E-state index in [0.717, 1.165) is 11.1 Å². The van der Waals surface area contributed by atoms with E-state index in [0.29, 0.717) is 6.54 Å². The Morgan fingerprint density at radius 1 is 1.14 bits per heavy atom. The molecular weight excluding hydrogens is 272 g/mol. The van der Waals surface area contributed by atoms with E-state index in [1.807, 2.05) is 31.2 Å². The molecule has 6 nitrogen and oxygen atoms in total. The fraction of sp³-hybridized carbons (Fsp3) is 0.400. The second kappa shape index (κ2) is 8.04. The Morgan fingerprint density at radius 3 is 2.33 bits per heavy atom. The lowest BCUT2D eigenvalue weighted by Crippen LogP contribution is -2.39. The van der Waals surface area contributed by atoms with Gasteiger partial charge >= 0.3 is 12.0 Å². The van der Waals surface area contributed by atoms with Crippen molar-refractivity contribution < 1.29 is 19.5 Å². The Labute approximate surface area is 123 Å². The molecule has 1 unspecified atom stereocenters. The molecule has 0 heterocycles. The number of carboxylic acids is 1. The molecule has 1 aromatic carbocycles. The third kappa shape index (κ3) is 7.10. The first-order valence-corrected chi connectivity index (χ1v) is 6.72. The number of nitrogens with one attached hydrogen (secondary N) is 2. The van der Waals surface area contributed by atoms with E-state index >= 15 is 0 Å². The number of aliphatic carboxylic acids is 1. The molecule has 6 heteroatoms. The second-order valence-electron chi connectivity index (χ2n) is 5.12. The molecule has 0 radical (unpaired) electrons. The predicted molar refractivity (Wildman–Crippen MR) is 77.6 cm³/mol. The lowest BCUT2D eigenvalue weighted by Gasteiger charge is -2.10. The van der Waals surface area contributed by atoms with Crippen molar-refractivity contribution in [3.63, 3.8) is 0 Å². The summed E-state index contributed by atoms with van der Waals surface area (Å²) in [5.74, 6) is -1.75. The Morgan fingerprint density at radius 2 is 1.76 bits per heavy atom. The minimum atomic E-state index is -0.959. The molecule has 0 aromatic heterocycles. The maximum atomic E-state index is 11.5. The topological polar surface area (TPSA) is 95.5 Å². The fourth-order valence-electron chi connectivity index (χ4n) is 1.80. The van der Waals surface area contributed by atoms with Crippen molar-refractivity contribution in [2.24, 2.45) is 5.92 Å². The van der Waals surface area contributed by atoms with Gasteiger partial charge in [0.2, 0.25) is 5.91 Å². The summed E-state index contributed by atoms with van der Waals surface area (Å²) in [4.78, 5) is 33.6. The zero-order valence-corrected chi connectivity index (χ0v) is 12.2. The normalized spacial score (nSPS) is 11.5. The van der Waals surface area contributed by atoms with Gasteiger partial charge in [0.05, 0.1) is 0 Å². The zero-order chi connectivity index (χ0) is 15.8. The molecule has 1 aromatic rings. The predicted octanol–water partition coefficient (Wildman–Crippen LogP) is 1.82. The third-order valence-corrected chi connectivity index (χ3v) is 2.88. The van der Waals surface area contributed by atoms with Crippen molar-refractivity contribution >= 4 is 17.9 Å². The van der Waals surface area contributed by atoms with E-state index in [2.05, 4.69) is 10.6 Å². The van der Waals surface area contributed by atoms with E-state index in [9.17, 15) is 14.4 Å². The third-order valence-electron chi connectivity index (χ3n) is 2.88. The van der Waals surface area contributed by atoms with Crippen LogP contribution in [0.1, 0.15) is 30.9 Å². The smallest absolute Gasteiger partial charge is 0.321 e. The highest BCUT2D eigenvalue weighted by atomic mass is 16.4. The largest absolute Gasteiger partial charge is 0.481 e. The molecule has 1 atom stereocenters. The average Bonchev–Trinajstić information content (AvgIpc) is 2.36. The quantitative estimate of drug-likeness (QED) is 0.745. The van der Waals surface area contributed by atoms with Crippen LogP contribution in [-0.2, 0) is 16.1 Å². The van der Waals surface area contributed by atoms with Crippen molar-refractivity contribution in [1.82, 2.24) is 10.6 Å². The van der Waals surface area contributed by atoms with Gasteiger partial charge < -0.3 is 10.4 Å². The molecule has 114 valence electrons. The number of hydrogen-bond acceptors (Lipinski definition) is 3. The van der Waals surface area contributed by atoms with Gasteiger partial charge in [-0.15, -0.1) is 0 Å². The summed E-state index contributed by atoms with van der Waals surface area (Å²) in [5.41, 5.74) is 2.06. The summed E-state index contributed by atoms with van der Waals surface area (Å²) in [7, 11) is 0. The van der Waals surface area contributed by atoms with Gasteiger partial charge in [-0.3, -0.25) is 14.9 Å². The zero-order valence-electron chi connectivity index (χ0n) is 12.2. The maximum Gasteiger partial charge on any atom is 0.321 e. The summed E-state index contributed by atoms with van der Waals surface area (Å²) < 4.78 is 0. The lowest BCUT2D eigenvalue weighted by molar-refractivity contribution is -0.138. The minimum absolute atomic E-state index is 0.00422. The first-order valence-electron chi connectivity index (χ1n) is 6.72. The highest BCUT2D eigenvalue weighted by Crippen LogP contribution is 2.06. The Hall–Kier alpha value is -2.37. The second-order valence-corrected chi connectivity index (χ2v) is 5.12. The molecule has 3 N–H and O–H groups in total. The van der Waals surface area contributed by atoms with Gasteiger partial charge in [-0.1, -0.05) is 36.8 Å². The van der Waals surface area contributed by atoms with Gasteiger partial charge in [-0.05, 0) is 18.4 Å². The van der Waals surface area contributed by atoms with E-state index < -0.39 is 17.9 Å². The molecule has 0 aliphatic carbocycles. The van der Waals surface area contributed by atoms with Gasteiger partial charge in [0.15, 0.2) is 0 Å². The van der Waals surface area contributed by atoms with Crippen LogP contribution in [0.3, 0.4) is 0 Å². The van der Waals surface area contributed by atoms with Crippen LogP contribution in [0.4, 0.5) is 4.79 Å². The van der Waals surface area contributed by atoms with Gasteiger partial charge in [0.1, 0.15) is 0 Å². The molecule has 0 bridgehead atoms. The van der Waals surface area contributed by atoms with Crippen molar-refractivity contribution in [3.8, 4) is 0 Å². The molecule has 0 aliphatic heterocycles. The molecule has 0 spiro atoms. The molecule has 0 fully saturated rings. The molecule has 1 rings (SSSR count). The van der Waals surface area contributed by atoms with Crippen molar-refractivity contribution in [3.05, 3.63) is 35.4 Å². The molecule has 21 heavy (non-hydrogen) atoms. The van der Waals surface area contributed by atoms with Crippen LogP contribution in [0.5, 0.6) is 0 Å². The number of rotatable bonds is 6. The maximum absolute atomic E-state index is 11.5. The SMILES string of the molecule is Cc1ccc(CNC(=O)NC(=O)CC(C)CC(=O)O)cc1. The summed E-state index contributed by atoms with van der Waals surface area (Å²) in [6.07, 6.45) is -0.0946. The average molecular weight is 292 g/mol. The monoisotopic (exact) mass is 292 g/mol. The number of benzene rings is 1. The van der Waals surface area contributed by atoms with Crippen LogP contribution in [0.2, 0.25) is 0 Å².